The zero-order valence-corrected chi connectivity index (χ0v) is 25.4. The number of benzene rings is 1. The first-order chi connectivity index (χ1) is 19.8. The van der Waals surface area contributed by atoms with E-state index in [1.165, 1.54) is 44.9 Å². The average molecular weight is 583 g/mol. The Morgan fingerprint density at radius 3 is 2.41 bits per heavy atom. The van der Waals surface area contributed by atoms with E-state index < -0.39 is 10.0 Å². The van der Waals surface area contributed by atoms with Crippen molar-refractivity contribution in [1.82, 2.24) is 14.6 Å². The molecule has 3 aliphatic rings. The van der Waals surface area contributed by atoms with Gasteiger partial charge in [0.2, 0.25) is 10.0 Å². The number of sulfonamides is 1. The van der Waals surface area contributed by atoms with E-state index in [9.17, 15) is 13.2 Å². The van der Waals surface area contributed by atoms with Crippen molar-refractivity contribution >= 4 is 21.7 Å². The third-order valence-corrected chi connectivity index (χ3v) is 12.1. The first kappa shape index (κ1) is 30.0. The molecule has 2 unspecified atom stereocenters. The summed E-state index contributed by atoms with van der Waals surface area (Å²) in [7, 11) is -1.74. The Morgan fingerprint density at radius 1 is 1.02 bits per heavy atom. The van der Waals surface area contributed by atoms with Gasteiger partial charge in [-0.15, -0.1) is 0 Å². The van der Waals surface area contributed by atoms with Crippen molar-refractivity contribution in [2.24, 2.45) is 23.2 Å². The minimum absolute atomic E-state index is 0.272. The van der Waals surface area contributed by atoms with Gasteiger partial charge < -0.3 is 15.4 Å². The highest BCUT2D eigenvalue weighted by Crippen LogP contribution is 2.56. The van der Waals surface area contributed by atoms with Crippen molar-refractivity contribution in [2.45, 2.75) is 88.7 Å². The molecular formula is C32H46N4O4S. The number of carbonyl (C=O) groups excluding carboxylic acids is 1. The Kier molecular flexibility index (Phi) is 9.66. The molecule has 41 heavy (non-hydrogen) atoms. The minimum Gasteiger partial charge on any atom is -0.381 e. The van der Waals surface area contributed by atoms with Crippen LogP contribution in [-0.2, 0) is 21.3 Å². The van der Waals surface area contributed by atoms with E-state index in [1.807, 2.05) is 19.2 Å². The zero-order valence-electron chi connectivity index (χ0n) is 24.6. The first-order valence-electron chi connectivity index (χ1n) is 15.4. The van der Waals surface area contributed by atoms with Crippen LogP contribution in [0.4, 0.5) is 10.5 Å². The van der Waals surface area contributed by atoms with Crippen LogP contribution in [-0.4, -0.2) is 50.0 Å². The highest BCUT2D eigenvalue weighted by Gasteiger charge is 2.49. The number of ether oxygens (including phenoxy) is 1. The van der Waals surface area contributed by atoms with Crippen molar-refractivity contribution in [3.05, 3.63) is 54.4 Å². The molecule has 2 saturated carbocycles. The van der Waals surface area contributed by atoms with E-state index >= 15 is 0 Å². The van der Waals surface area contributed by atoms with Crippen LogP contribution >= 0.6 is 0 Å². The largest absolute Gasteiger partial charge is 0.381 e. The number of aromatic nitrogens is 1. The highest BCUT2D eigenvalue weighted by atomic mass is 32.2. The number of piperidine rings is 1. The van der Waals surface area contributed by atoms with Crippen LogP contribution in [0.5, 0.6) is 0 Å². The molecule has 1 aromatic heterocycles. The number of carbonyl (C=O) groups is 1. The molecule has 0 spiro atoms. The second-order valence-electron chi connectivity index (χ2n) is 12.5. The number of hydrogen-bond donors (Lipinski definition) is 2. The number of nitrogens with zero attached hydrogens (tertiary/aromatic N) is 2. The van der Waals surface area contributed by atoms with Gasteiger partial charge in [0.25, 0.3) is 0 Å². The van der Waals surface area contributed by atoms with Gasteiger partial charge in [-0.1, -0.05) is 32.3 Å². The van der Waals surface area contributed by atoms with E-state index in [0.717, 1.165) is 30.7 Å². The van der Waals surface area contributed by atoms with Gasteiger partial charge in [0.05, 0.1) is 11.0 Å². The van der Waals surface area contributed by atoms with Gasteiger partial charge >= 0.3 is 6.03 Å². The van der Waals surface area contributed by atoms with Crippen LogP contribution in [0.25, 0.3) is 0 Å². The Balaban J connectivity index is 1.19. The maximum absolute atomic E-state index is 13.6. The van der Waals surface area contributed by atoms with Gasteiger partial charge in [-0.3, -0.25) is 4.98 Å². The smallest absolute Gasteiger partial charge is 0.319 e. The van der Waals surface area contributed by atoms with Crippen LogP contribution in [0.1, 0.15) is 76.7 Å². The number of urea groups is 1. The molecule has 2 amide bonds. The fourth-order valence-electron chi connectivity index (χ4n) is 7.72. The molecule has 5 rings (SSSR count). The minimum atomic E-state index is -3.60. The maximum atomic E-state index is 13.6. The lowest BCUT2D eigenvalue weighted by Gasteiger charge is -2.54. The second-order valence-corrected chi connectivity index (χ2v) is 14.4. The molecule has 8 nitrogen and oxygen atoms in total. The molecule has 3 fully saturated rings. The molecule has 0 radical (unpaired) electrons. The number of methoxy groups -OCH3 is 1. The van der Waals surface area contributed by atoms with Gasteiger partial charge in [-0.05, 0) is 104 Å². The van der Waals surface area contributed by atoms with Gasteiger partial charge in [0.15, 0.2) is 0 Å². The summed E-state index contributed by atoms with van der Waals surface area (Å²) in [4.78, 5) is 16.6. The first-order valence-corrected chi connectivity index (χ1v) is 16.8. The predicted molar refractivity (Wildman–Crippen MR) is 161 cm³/mol. The quantitative estimate of drug-likeness (QED) is 0.386. The lowest BCUT2D eigenvalue weighted by Crippen LogP contribution is -2.49. The van der Waals surface area contributed by atoms with E-state index in [0.29, 0.717) is 48.7 Å². The topological polar surface area (TPSA) is 101 Å². The molecule has 1 aromatic carbocycles. The lowest BCUT2D eigenvalue weighted by molar-refractivity contribution is -0.0575. The summed E-state index contributed by atoms with van der Waals surface area (Å²) in [6, 6.07) is 9.83. The number of hydrogen-bond acceptors (Lipinski definition) is 5. The van der Waals surface area contributed by atoms with Gasteiger partial charge in [-0.25, -0.2) is 13.2 Å². The summed E-state index contributed by atoms with van der Waals surface area (Å²) in [5, 5.41) is 5.56. The van der Waals surface area contributed by atoms with Crippen LogP contribution in [0.15, 0.2) is 53.7 Å². The number of amides is 2. The van der Waals surface area contributed by atoms with E-state index in [4.69, 9.17) is 4.74 Å². The maximum Gasteiger partial charge on any atom is 0.319 e. The summed E-state index contributed by atoms with van der Waals surface area (Å²) in [5.41, 5.74) is 1.76. The summed E-state index contributed by atoms with van der Waals surface area (Å²) in [6.45, 7) is 3.88. The van der Waals surface area contributed by atoms with Crippen LogP contribution < -0.4 is 10.6 Å². The molecule has 1 aliphatic heterocycles. The average Bonchev–Trinajstić information content (AvgIpc) is 3.01. The van der Waals surface area contributed by atoms with Crippen molar-refractivity contribution in [2.75, 3.05) is 25.5 Å². The van der Waals surface area contributed by atoms with E-state index in [-0.39, 0.29) is 10.9 Å². The van der Waals surface area contributed by atoms with E-state index in [2.05, 4.69) is 22.5 Å². The molecule has 2 aromatic rings. The zero-order chi connectivity index (χ0) is 28.9. The molecule has 224 valence electrons. The molecule has 2 atom stereocenters. The fraction of sp³-hybridized carbons (Fsp3) is 0.625. The number of rotatable bonds is 8. The lowest BCUT2D eigenvalue weighted by atomic mass is 9.53. The van der Waals surface area contributed by atoms with Crippen LogP contribution in [0.3, 0.4) is 0 Å². The molecule has 2 heterocycles. The van der Waals surface area contributed by atoms with Crippen molar-refractivity contribution < 1.29 is 17.9 Å². The number of pyridine rings is 1. The number of nitrogens with one attached hydrogen (secondary N) is 2. The van der Waals surface area contributed by atoms with Gasteiger partial charge in [0.1, 0.15) is 0 Å². The van der Waals surface area contributed by atoms with Gasteiger partial charge in [0, 0.05) is 44.8 Å². The predicted octanol–water partition coefficient (Wildman–Crippen LogP) is 6.21. The highest BCUT2D eigenvalue weighted by molar-refractivity contribution is 7.89. The van der Waals surface area contributed by atoms with Crippen molar-refractivity contribution in [1.29, 1.82) is 0 Å². The van der Waals surface area contributed by atoms with Crippen LogP contribution in [0, 0.1) is 23.2 Å². The SMILES string of the molecule is COC1CCCC(C2(C3CCN(S(=O)(=O)c4ccc(NC(=O)NCc5cccnc5)cc4)CC3)CCC(C)CC2)C1. The Morgan fingerprint density at radius 2 is 1.76 bits per heavy atom. The Bertz CT molecular complexity index is 1240. The second kappa shape index (κ2) is 13.2. The molecular weight excluding hydrogens is 536 g/mol. The number of anilines is 1. The normalized spacial score (nSPS) is 28.2. The molecule has 9 heteroatoms. The molecule has 2 aliphatic carbocycles. The molecule has 1 saturated heterocycles. The van der Waals surface area contributed by atoms with Crippen LogP contribution in [0.2, 0.25) is 0 Å². The summed E-state index contributed by atoms with van der Waals surface area (Å²) in [6.07, 6.45) is 15.6. The summed E-state index contributed by atoms with van der Waals surface area (Å²) >= 11 is 0. The molecule has 0 bridgehead atoms. The Hall–Kier alpha value is -2.49. The standard InChI is InChI=1S/C32H46N4O4S/c1-24-12-16-32(17-13-24,27-6-3-7-29(21-27)40-2)26-14-19-36(20-15-26)41(38,39)30-10-8-28(9-11-30)35-31(37)34-23-25-5-4-18-33-22-25/h4-5,8-11,18,22,24,26-27,29H,3,6-7,12-17,19-21,23H2,1-2H3,(H2,34,35,37). The fourth-order valence-corrected chi connectivity index (χ4v) is 9.19. The summed E-state index contributed by atoms with van der Waals surface area (Å²) < 4.78 is 34.6. The third-order valence-electron chi connectivity index (χ3n) is 10.2. The molecule has 2 N–H and O–H groups in total. The van der Waals surface area contributed by atoms with E-state index in [1.54, 1.807) is 41.0 Å². The van der Waals surface area contributed by atoms with Gasteiger partial charge in [-0.2, -0.15) is 4.31 Å². The Labute approximate surface area is 245 Å². The summed E-state index contributed by atoms with van der Waals surface area (Å²) in [5.74, 6) is 2.04. The van der Waals surface area contributed by atoms with Crippen molar-refractivity contribution in [3.8, 4) is 0 Å². The third kappa shape index (κ3) is 6.95. The van der Waals surface area contributed by atoms with Crippen molar-refractivity contribution in [3.63, 3.8) is 0 Å². The monoisotopic (exact) mass is 582 g/mol.